The van der Waals surface area contributed by atoms with E-state index in [1.165, 1.54) is 16.2 Å². The van der Waals surface area contributed by atoms with Crippen LogP contribution < -0.4 is 5.32 Å². The summed E-state index contributed by atoms with van der Waals surface area (Å²) in [5, 5.41) is 13.9. The van der Waals surface area contributed by atoms with Crippen LogP contribution in [0.3, 0.4) is 0 Å². The number of aliphatic carboxylic acids is 1. The Labute approximate surface area is 121 Å². The second kappa shape index (κ2) is 6.69. The molecule has 0 aliphatic heterocycles. The molecular weight excluding hydrogens is 278 g/mol. The van der Waals surface area contributed by atoms with Gasteiger partial charge < -0.3 is 15.3 Å². The molecule has 0 aromatic carbocycles. The number of thiazole rings is 1. The van der Waals surface area contributed by atoms with E-state index in [1.807, 2.05) is 5.38 Å². The van der Waals surface area contributed by atoms with Crippen molar-refractivity contribution in [3.63, 3.8) is 0 Å². The molecule has 2 unspecified atom stereocenters. The van der Waals surface area contributed by atoms with Gasteiger partial charge in [0.15, 0.2) is 0 Å². The summed E-state index contributed by atoms with van der Waals surface area (Å²) in [5.41, 5.74) is 2.56. The van der Waals surface area contributed by atoms with Gasteiger partial charge in [-0.25, -0.2) is 9.78 Å². The minimum absolute atomic E-state index is 0.240. The molecule has 2 amide bonds. The summed E-state index contributed by atoms with van der Waals surface area (Å²) in [6.07, 6.45) is 3.24. The van der Waals surface area contributed by atoms with Crippen LogP contribution in [-0.2, 0) is 11.3 Å². The third-order valence-electron chi connectivity index (χ3n) is 3.62. The molecule has 2 atom stereocenters. The average molecular weight is 297 g/mol. The Morgan fingerprint density at radius 3 is 2.90 bits per heavy atom. The molecule has 1 aromatic rings. The fraction of sp³-hybridized carbons (Fsp3) is 0.615. The molecule has 7 heteroatoms. The van der Waals surface area contributed by atoms with Crippen molar-refractivity contribution in [1.29, 1.82) is 0 Å². The number of carboxylic acid groups (broad SMARTS) is 1. The molecule has 0 saturated heterocycles. The fourth-order valence-electron chi connectivity index (χ4n) is 2.50. The quantitative estimate of drug-likeness (QED) is 0.889. The van der Waals surface area contributed by atoms with Gasteiger partial charge in [0.1, 0.15) is 0 Å². The summed E-state index contributed by atoms with van der Waals surface area (Å²) in [6.45, 7) is 0.430. The van der Waals surface area contributed by atoms with Crippen molar-refractivity contribution < 1.29 is 14.7 Å². The Hall–Kier alpha value is -1.63. The van der Waals surface area contributed by atoms with Crippen molar-refractivity contribution in [2.75, 3.05) is 7.05 Å². The van der Waals surface area contributed by atoms with E-state index in [9.17, 15) is 14.7 Å². The summed E-state index contributed by atoms with van der Waals surface area (Å²) in [5.74, 6) is -1.29. The molecule has 1 heterocycles. The number of rotatable bonds is 4. The zero-order valence-corrected chi connectivity index (χ0v) is 12.2. The summed E-state index contributed by atoms with van der Waals surface area (Å²) in [7, 11) is 1.69. The van der Waals surface area contributed by atoms with Gasteiger partial charge in [-0.15, -0.1) is 11.3 Å². The smallest absolute Gasteiger partial charge is 0.317 e. The SMILES string of the molecule is CN(Cc1cscn1)C(=O)NC1CCCCC1C(=O)O. The number of carboxylic acids is 1. The summed E-state index contributed by atoms with van der Waals surface area (Å²) in [4.78, 5) is 29.0. The third kappa shape index (κ3) is 3.69. The van der Waals surface area contributed by atoms with E-state index in [2.05, 4.69) is 10.3 Å². The summed E-state index contributed by atoms with van der Waals surface area (Å²) in [6, 6.07) is -0.511. The van der Waals surface area contributed by atoms with Gasteiger partial charge in [0.05, 0.1) is 23.7 Å². The highest BCUT2D eigenvalue weighted by Gasteiger charge is 2.32. The van der Waals surface area contributed by atoms with Crippen molar-refractivity contribution in [2.24, 2.45) is 5.92 Å². The number of nitrogens with one attached hydrogen (secondary N) is 1. The minimum Gasteiger partial charge on any atom is -0.481 e. The molecule has 1 saturated carbocycles. The van der Waals surface area contributed by atoms with Crippen LogP contribution in [0.1, 0.15) is 31.4 Å². The molecule has 20 heavy (non-hydrogen) atoms. The minimum atomic E-state index is -0.822. The van der Waals surface area contributed by atoms with Gasteiger partial charge in [0, 0.05) is 18.5 Å². The summed E-state index contributed by atoms with van der Waals surface area (Å²) >= 11 is 1.49. The van der Waals surface area contributed by atoms with Crippen molar-refractivity contribution >= 4 is 23.3 Å². The monoisotopic (exact) mass is 297 g/mol. The molecule has 0 spiro atoms. The molecule has 0 bridgehead atoms. The molecule has 1 aliphatic rings. The Balaban J connectivity index is 1.90. The number of carbonyl (C=O) groups is 2. The van der Waals surface area contributed by atoms with Crippen molar-refractivity contribution in [1.82, 2.24) is 15.2 Å². The first-order valence-electron chi connectivity index (χ1n) is 6.69. The molecule has 6 nitrogen and oxygen atoms in total. The largest absolute Gasteiger partial charge is 0.481 e. The van der Waals surface area contributed by atoms with Gasteiger partial charge in [-0.2, -0.15) is 0 Å². The highest BCUT2D eigenvalue weighted by Crippen LogP contribution is 2.24. The second-order valence-corrected chi connectivity index (χ2v) is 5.84. The van der Waals surface area contributed by atoms with Gasteiger partial charge in [-0.05, 0) is 12.8 Å². The predicted octanol–water partition coefficient (Wildman–Crippen LogP) is 1.93. The molecule has 110 valence electrons. The first-order valence-corrected chi connectivity index (χ1v) is 7.63. The number of carbonyl (C=O) groups excluding carboxylic acids is 1. The average Bonchev–Trinajstić information content (AvgIpc) is 2.91. The van der Waals surface area contributed by atoms with Gasteiger partial charge in [0.25, 0.3) is 0 Å². The van der Waals surface area contributed by atoms with Crippen LogP contribution in [0.15, 0.2) is 10.9 Å². The standard InChI is InChI=1S/C13H19N3O3S/c1-16(6-9-7-20-8-14-9)13(19)15-11-5-3-2-4-10(11)12(17)18/h7-8,10-11H,2-6H2,1H3,(H,15,19)(H,17,18). The predicted molar refractivity (Wildman–Crippen MR) is 75.5 cm³/mol. The van der Waals surface area contributed by atoms with Gasteiger partial charge in [0.2, 0.25) is 0 Å². The van der Waals surface area contributed by atoms with E-state index in [4.69, 9.17) is 0 Å². The van der Waals surface area contributed by atoms with E-state index in [-0.39, 0.29) is 12.1 Å². The number of nitrogens with zero attached hydrogens (tertiary/aromatic N) is 2. The van der Waals surface area contributed by atoms with Crippen molar-refractivity contribution in [3.05, 3.63) is 16.6 Å². The molecule has 1 aliphatic carbocycles. The molecule has 0 radical (unpaired) electrons. The highest BCUT2D eigenvalue weighted by molar-refractivity contribution is 7.07. The first-order chi connectivity index (χ1) is 9.58. The van der Waals surface area contributed by atoms with E-state index < -0.39 is 11.9 Å². The normalized spacial score (nSPS) is 22.2. The maximum atomic E-state index is 12.1. The van der Waals surface area contributed by atoms with Crippen LogP contribution in [0.4, 0.5) is 4.79 Å². The maximum absolute atomic E-state index is 12.1. The molecule has 2 rings (SSSR count). The van der Waals surface area contributed by atoms with Crippen LogP contribution in [0, 0.1) is 5.92 Å². The third-order valence-corrected chi connectivity index (χ3v) is 4.26. The van der Waals surface area contributed by atoms with E-state index in [0.29, 0.717) is 13.0 Å². The van der Waals surface area contributed by atoms with E-state index >= 15 is 0 Å². The lowest BCUT2D eigenvalue weighted by molar-refractivity contribution is -0.143. The maximum Gasteiger partial charge on any atom is 0.317 e. The topological polar surface area (TPSA) is 82.5 Å². The molecular formula is C13H19N3O3S. The Kier molecular flexibility index (Phi) is 4.94. The lowest BCUT2D eigenvalue weighted by Gasteiger charge is -2.30. The van der Waals surface area contributed by atoms with Crippen LogP contribution in [0.25, 0.3) is 0 Å². The van der Waals surface area contributed by atoms with Crippen LogP contribution >= 0.6 is 11.3 Å². The Bertz CT molecular complexity index is 463. The number of hydrogen-bond donors (Lipinski definition) is 2. The zero-order chi connectivity index (χ0) is 14.5. The van der Waals surface area contributed by atoms with Gasteiger partial charge in [-0.3, -0.25) is 4.79 Å². The highest BCUT2D eigenvalue weighted by atomic mass is 32.1. The lowest BCUT2D eigenvalue weighted by atomic mass is 9.84. The molecule has 2 N–H and O–H groups in total. The molecule has 1 aromatic heterocycles. The fourth-order valence-corrected chi connectivity index (χ4v) is 3.05. The molecule has 1 fully saturated rings. The lowest BCUT2D eigenvalue weighted by Crippen LogP contribution is -2.49. The number of aromatic nitrogens is 1. The Morgan fingerprint density at radius 1 is 1.50 bits per heavy atom. The zero-order valence-electron chi connectivity index (χ0n) is 11.4. The van der Waals surface area contributed by atoms with Gasteiger partial charge in [-0.1, -0.05) is 12.8 Å². The van der Waals surface area contributed by atoms with Crippen LogP contribution in [-0.4, -0.2) is 40.1 Å². The number of hydrogen-bond acceptors (Lipinski definition) is 4. The van der Waals surface area contributed by atoms with Crippen molar-refractivity contribution in [2.45, 2.75) is 38.3 Å². The second-order valence-electron chi connectivity index (χ2n) is 5.12. The summed E-state index contributed by atoms with van der Waals surface area (Å²) < 4.78 is 0. The van der Waals surface area contributed by atoms with Crippen LogP contribution in [0.2, 0.25) is 0 Å². The van der Waals surface area contributed by atoms with Crippen LogP contribution in [0.5, 0.6) is 0 Å². The van der Waals surface area contributed by atoms with E-state index in [1.54, 1.807) is 12.6 Å². The first kappa shape index (κ1) is 14.8. The van der Waals surface area contributed by atoms with E-state index in [0.717, 1.165) is 25.0 Å². The number of amides is 2. The van der Waals surface area contributed by atoms with Crippen molar-refractivity contribution in [3.8, 4) is 0 Å². The number of urea groups is 1. The Morgan fingerprint density at radius 2 is 2.25 bits per heavy atom. The van der Waals surface area contributed by atoms with Gasteiger partial charge >= 0.3 is 12.0 Å².